The van der Waals surface area contributed by atoms with Gasteiger partial charge in [0.05, 0.1) is 18.2 Å². The fourth-order valence-electron chi connectivity index (χ4n) is 3.99. The third-order valence-corrected chi connectivity index (χ3v) is 6.11. The Hall–Kier alpha value is -3.91. The number of benzene rings is 3. The number of halogens is 2. The predicted octanol–water partition coefficient (Wildman–Crippen LogP) is 5.88. The van der Waals surface area contributed by atoms with E-state index in [-0.39, 0.29) is 18.2 Å². The minimum atomic E-state index is -0.450. The Balaban J connectivity index is 1.61. The lowest BCUT2D eigenvalue weighted by molar-refractivity contribution is 0.395. The second-order valence-corrected chi connectivity index (χ2v) is 8.29. The summed E-state index contributed by atoms with van der Waals surface area (Å²) >= 11 is 5.65. The number of aromatic nitrogens is 2. The molecule has 0 aliphatic carbocycles. The lowest BCUT2D eigenvalue weighted by Gasteiger charge is -2.37. The zero-order valence-corrected chi connectivity index (χ0v) is 19.0. The van der Waals surface area contributed by atoms with Gasteiger partial charge >= 0.3 is 0 Å². The smallest absolute Gasteiger partial charge is 0.258 e. The third-order valence-electron chi connectivity index (χ3n) is 5.77. The minimum Gasteiger partial charge on any atom is -0.351 e. The van der Waals surface area contributed by atoms with Crippen LogP contribution in [0.5, 0.6) is 0 Å². The molecule has 34 heavy (non-hydrogen) atoms. The maximum Gasteiger partial charge on any atom is 0.258 e. The van der Waals surface area contributed by atoms with E-state index in [0.29, 0.717) is 28.0 Å². The minimum absolute atomic E-state index is 0.226. The van der Waals surface area contributed by atoms with E-state index in [1.807, 2.05) is 37.3 Å². The topological polar surface area (TPSA) is 54.2 Å². The zero-order valence-electron chi connectivity index (χ0n) is 18.2. The first-order valence-corrected chi connectivity index (χ1v) is 11.1. The molecule has 3 aromatic carbocycles. The van der Waals surface area contributed by atoms with Crippen molar-refractivity contribution in [3.05, 3.63) is 113 Å². The lowest BCUT2D eigenvalue weighted by atomic mass is 9.94. The Labute approximate surface area is 200 Å². The average Bonchev–Trinajstić information content (AvgIpc) is 3.33. The Bertz CT molecular complexity index is 1370. The molecule has 0 saturated carbocycles. The molecule has 2 heterocycles. The van der Waals surface area contributed by atoms with Gasteiger partial charge in [0, 0.05) is 16.8 Å². The summed E-state index contributed by atoms with van der Waals surface area (Å²) in [5.74, 6) is 0.0981. The first kappa shape index (κ1) is 21.9. The first-order chi connectivity index (χ1) is 16.5. The summed E-state index contributed by atoms with van der Waals surface area (Å²) in [7, 11) is 0. The molecule has 4 aromatic rings. The fraction of sp³-hybridized carbons (Fsp3) is 0.115. The molecule has 0 fully saturated rings. The van der Waals surface area contributed by atoms with Crippen molar-refractivity contribution in [1.29, 1.82) is 0 Å². The van der Waals surface area contributed by atoms with Crippen LogP contribution in [0.25, 0.3) is 17.0 Å². The SMILES string of the molecule is CC1=C(c2nc(-c3ccccc3)no2)C(c2ccc(F)cc2)NC(=S)N1Cc1ccccc1F. The van der Waals surface area contributed by atoms with Gasteiger partial charge in [-0.3, -0.25) is 0 Å². The van der Waals surface area contributed by atoms with Crippen LogP contribution in [0, 0.1) is 11.6 Å². The molecule has 1 aromatic heterocycles. The third kappa shape index (κ3) is 4.20. The van der Waals surface area contributed by atoms with Crippen LogP contribution < -0.4 is 5.32 Å². The van der Waals surface area contributed by atoms with Gasteiger partial charge in [0.25, 0.3) is 5.89 Å². The van der Waals surface area contributed by atoms with Crippen molar-refractivity contribution >= 4 is 22.9 Å². The molecule has 1 unspecified atom stereocenters. The number of allylic oxidation sites excluding steroid dienone is 1. The van der Waals surface area contributed by atoms with E-state index in [1.165, 1.54) is 18.2 Å². The van der Waals surface area contributed by atoms with Gasteiger partial charge in [-0.2, -0.15) is 4.98 Å². The molecule has 0 spiro atoms. The van der Waals surface area contributed by atoms with Crippen molar-refractivity contribution in [3.63, 3.8) is 0 Å². The molecule has 0 radical (unpaired) electrons. The van der Waals surface area contributed by atoms with E-state index in [1.54, 1.807) is 35.2 Å². The molecule has 0 saturated heterocycles. The highest BCUT2D eigenvalue weighted by molar-refractivity contribution is 7.80. The van der Waals surface area contributed by atoms with E-state index in [0.717, 1.165) is 16.8 Å². The van der Waals surface area contributed by atoms with Gasteiger partial charge in [-0.1, -0.05) is 65.8 Å². The molecule has 1 atom stereocenters. The van der Waals surface area contributed by atoms with Crippen LogP contribution >= 0.6 is 12.2 Å². The van der Waals surface area contributed by atoms with Crippen LogP contribution in [0.2, 0.25) is 0 Å². The normalized spacial score (nSPS) is 16.0. The molecule has 170 valence electrons. The van der Waals surface area contributed by atoms with E-state index < -0.39 is 6.04 Å². The summed E-state index contributed by atoms with van der Waals surface area (Å²) in [6.45, 7) is 2.11. The van der Waals surface area contributed by atoms with Crippen molar-refractivity contribution < 1.29 is 13.3 Å². The first-order valence-electron chi connectivity index (χ1n) is 10.7. The average molecular weight is 475 g/mol. The second kappa shape index (κ2) is 9.15. The van der Waals surface area contributed by atoms with E-state index in [2.05, 4.69) is 15.5 Å². The summed E-state index contributed by atoms with van der Waals surface area (Å²) in [6, 6.07) is 21.8. The van der Waals surface area contributed by atoms with Crippen LogP contribution in [0.4, 0.5) is 8.78 Å². The number of hydrogen-bond donors (Lipinski definition) is 1. The quantitative estimate of drug-likeness (QED) is 0.365. The number of hydrogen-bond acceptors (Lipinski definition) is 4. The molecular formula is C26H20F2N4OS. The number of rotatable bonds is 5. The largest absolute Gasteiger partial charge is 0.351 e. The molecule has 5 nitrogen and oxygen atoms in total. The summed E-state index contributed by atoms with van der Waals surface area (Å²) in [6.07, 6.45) is 0. The van der Waals surface area contributed by atoms with Gasteiger partial charge in [-0.05, 0) is 42.9 Å². The highest BCUT2D eigenvalue weighted by atomic mass is 32.1. The highest BCUT2D eigenvalue weighted by Gasteiger charge is 2.34. The van der Waals surface area contributed by atoms with Gasteiger partial charge in [-0.25, -0.2) is 8.78 Å². The maximum absolute atomic E-state index is 14.4. The second-order valence-electron chi connectivity index (χ2n) is 7.90. The van der Waals surface area contributed by atoms with Gasteiger partial charge in [0.15, 0.2) is 5.11 Å². The Kier molecular flexibility index (Phi) is 5.90. The molecule has 1 aliphatic rings. The van der Waals surface area contributed by atoms with Gasteiger partial charge in [-0.15, -0.1) is 0 Å². The van der Waals surface area contributed by atoms with Crippen LogP contribution in [-0.2, 0) is 6.54 Å². The summed E-state index contributed by atoms with van der Waals surface area (Å²) in [5.41, 5.74) is 3.52. The molecule has 8 heteroatoms. The standard InChI is InChI=1S/C26H20F2N4OS/c1-16-22(25-30-24(31-33-25)18-7-3-2-4-8-18)23(17-11-13-20(27)14-12-17)29-26(34)32(16)15-19-9-5-6-10-21(19)28/h2-14,23H,15H2,1H3,(H,29,34). The number of nitrogens with zero attached hydrogens (tertiary/aromatic N) is 3. The van der Waals surface area contributed by atoms with Crippen LogP contribution in [0.15, 0.2) is 89.1 Å². The van der Waals surface area contributed by atoms with E-state index in [4.69, 9.17) is 16.7 Å². The maximum atomic E-state index is 14.4. The molecule has 1 N–H and O–H groups in total. The Morgan fingerprint density at radius 3 is 2.41 bits per heavy atom. The zero-order chi connectivity index (χ0) is 23.7. The molecular weight excluding hydrogens is 454 g/mol. The van der Waals surface area contributed by atoms with E-state index >= 15 is 0 Å². The van der Waals surface area contributed by atoms with Crippen LogP contribution in [0.1, 0.15) is 30.0 Å². The predicted molar refractivity (Wildman–Crippen MR) is 129 cm³/mol. The van der Waals surface area contributed by atoms with Crippen molar-refractivity contribution in [3.8, 4) is 11.4 Å². The Morgan fingerprint density at radius 1 is 0.971 bits per heavy atom. The van der Waals surface area contributed by atoms with Gasteiger partial charge in [0.1, 0.15) is 11.6 Å². The number of nitrogens with one attached hydrogen (secondary N) is 1. The summed E-state index contributed by atoms with van der Waals surface area (Å²) < 4.78 is 33.7. The van der Waals surface area contributed by atoms with Crippen LogP contribution in [-0.4, -0.2) is 20.2 Å². The van der Waals surface area contributed by atoms with Gasteiger partial charge in [0.2, 0.25) is 5.82 Å². The molecule has 5 rings (SSSR count). The summed E-state index contributed by atoms with van der Waals surface area (Å²) in [4.78, 5) is 6.44. The van der Waals surface area contributed by atoms with Crippen molar-refractivity contribution in [2.75, 3.05) is 0 Å². The number of thiocarbonyl (C=S) groups is 1. The van der Waals surface area contributed by atoms with Crippen LogP contribution in [0.3, 0.4) is 0 Å². The van der Waals surface area contributed by atoms with Crippen molar-refractivity contribution in [2.24, 2.45) is 0 Å². The monoisotopic (exact) mass is 474 g/mol. The molecule has 0 bridgehead atoms. The highest BCUT2D eigenvalue weighted by Crippen LogP contribution is 2.38. The summed E-state index contributed by atoms with van der Waals surface area (Å²) in [5, 5.41) is 7.88. The van der Waals surface area contributed by atoms with E-state index in [9.17, 15) is 8.78 Å². The fourth-order valence-corrected chi connectivity index (χ4v) is 4.31. The van der Waals surface area contributed by atoms with Crippen molar-refractivity contribution in [1.82, 2.24) is 20.4 Å². The molecule has 0 amide bonds. The van der Waals surface area contributed by atoms with Crippen molar-refractivity contribution in [2.45, 2.75) is 19.5 Å². The van der Waals surface area contributed by atoms with Gasteiger partial charge < -0.3 is 14.7 Å². The molecule has 1 aliphatic heterocycles. The lowest BCUT2D eigenvalue weighted by Crippen LogP contribution is -2.45. The Morgan fingerprint density at radius 2 is 1.68 bits per heavy atom.